The largest absolute Gasteiger partial charge is 0.306 e. The predicted octanol–water partition coefficient (Wildman–Crippen LogP) is 3.13. The number of rotatable bonds is 1. The van der Waals surface area contributed by atoms with Gasteiger partial charge in [0.2, 0.25) is 0 Å². The zero-order valence-corrected chi connectivity index (χ0v) is 8.62. The molecule has 0 aliphatic rings. The van der Waals surface area contributed by atoms with E-state index in [0.29, 0.717) is 5.69 Å². The van der Waals surface area contributed by atoms with Crippen LogP contribution in [0.5, 0.6) is 0 Å². The minimum absolute atomic E-state index is 0.470. The minimum atomic E-state index is -1.02. The van der Waals surface area contributed by atoms with Crippen molar-refractivity contribution in [3.05, 3.63) is 34.7 Å². The van der Waals surface area contributed by atoms with E-state index in [1.807, 2.05) is 18.3 Å². The summed E-state index contributed by atoms with van der Waals surface area (Å²) in [5, 5.41) is 0. The fourth-order valence-corrected chi connectivity index (χ4v) is 1.53. The smallest absolute Gasteiger partial charge is 0.141 e. The Labute approximate surface area is 83.5 Å². The van der Waals surface area contributed by atoms with E-state index >= 15 is 0 Å². The SMILES string of the molecule is CC(F)c1cn2cc(Br)ccc2n1. The minimum Gasteiger partial charge on any atom is -0.306 e. The monoisotopic (exact) mass is 242 g/mol. The molecule has 68 valence electrons. The Kier molecular flexibility index (Phi) is 2.07. The average Bonchev–Trinajstić information content (AvgIpc) is 2.46. The fraction of sp³-hybridized carbons (Fsp3) is 0.222. The molecule has 2 aromatic rings. The lowest BCUT2D eigenvalue weighted by Gasteiger charge is -1.91. The topological polar surface area (TPSA) is 17.3 Å². The predicted molar refractivity (Wildman–Crippen MR) is 52.4 cm³/mol. The molecule has 0 radical (unpaired) electrons. The Hall–Kier alpha value is -0.900. The molecule has 4 heteroatoms. The lowest BCUT2D eigenvalue weighted by atomic mass is 10.3. The van der Waals surface area contributed by atoms with Gasteiger partial charge in [-0.05, 0) is 35.0 Å². The van der Waals surface area contributed by atoms with Crippen LogP contribution in [0.25, 0.3) is 5.65 Å². The van der Waals surface area contributed by atoms with Crippen molar-refractivity contribution in [1.29, 1.82) is 0 Å². The summed E-state index contributed by atoms with van der Waals surface area (Å²) in [6.45, 7) is 1.48. The van der Waals surface area contributed by atoms with E-state index in [1.54, 1.807) is 10.6 Å². The lowest BCUT2D eigenvalue weighted by Crippen LogP contribution is -1.82. The first-order valence-electron chi connectivity index (χ1n) is 3.95. The molecule has 0 N–H and O–H groups in total. The second kappa shape index (κ2) is 3.10. The molecular weight excluding hydrogens is 235 g/mol. The second-order valence-corrected chi connectivity index (χ2v) is 3.81. The molecule has 2 nitrogen and oxygen atoms in total. The van der Waals surface area contributed by atoms with Gasteiger partial charge in [0.15, 0.2) is 0 Å². The molecule has 2 rings (SSSR count). The van der Waals surface area contributed by atoms with Gasteiger partial charge in [-0.1, -0.05) is 0 Å². The normalized spacial score (nSPS) is 13.5. The summed E-state index contributed by atoms with van der Waals surface area (Å²) in [4.78, 5) is 4.12. The highest BCUT2D eigenvalue weighted by Gasteiger charge is 2.07. The Bertz CT molecular complexity index is 436. The molecule has 0 saturated carbocycles. The molecule has 0 aliphatic carbocycles. The van der Waals surface area contributed by atoms with Crippen LogP contribution >= 0.6 is 15.9 Å². The van der Waals surface area contributed by atoms with E-state index in [9.17, 15) is 4.39 Å². The first-order valence-corrected chi connectivity index (χ1v) is 4.74. The number of nitrogens with zero attached hydrogens (tertiary/aromatic N) is 2. The number of aromatic nitrogens is 2. The number of fused-ring (bicyclic) bond motifs is 1. The summed E-state index contributed by atoms with van der Waals surface area (Å²) in [6.07, 6.45) is 2.54. The first kappa shape index (κ1) is 8.69. The van der Waals surface area contributed by atoms with Crippen LogP contribution in [0.1, 0.15) is 18.8 Å². The van der Waals surface area contributed by atoms with Crippen LogP contribution in [0, 0.1) is 0 Å². The summed E-state index contributed by atoms with van der Waals surface area (Å²) in [5.41, 5.74) is 1.24. The number of pyridine rings is 1. The van der Waals surface area contributed by atoms with Gasteiger partial charge >= 0.3 is 0 Å². The van der Waals surface area contributed by atoms with Crippen LogP contribution in [-0.4, -0.2) is 9.38 Å². The highest BCUT2D eigenvalue weighted by atomic mass is 79.9. The zero-order chi connectivity index (χ0) is 9.42. The van der Waals surface area contributed by atoms with E-state index in [0.717, 1.165) is 10.1 Å². The molecule has 0 saturated heterocycles. The van der Waals surface area contributed by atoms with Crippen LogP contribution in [-0.2, 0) is 0 Å². The third kappa shape index (κ3) is 1.58. The van der Waals surface area contributed by atoms with Crippen LogP contribution in [0.4, 0.5) is 4.39 Å². The van der Waals surface area contributed by atoms with E-state index < -0.39 is 6.17 Å². The van der Waals surface area contributed by atoms with Gasteiger partial charge in [-0.3, -0.25) is 0 Å². The van der Waals surface area contributed by atoms with E-state index in [4.69, 9.17) is 0 Å². The molecule has 0 aliphatic heterocycles. The standard InChI is InChI=1S/C9H8BrFN2/c1-6(11)8-5-13-4-7(10)2-3-9(13)12-8/h2-6H,1H3. The molecule has 0 bridgehead atoms. The molecule has 1 unspecified atom stereocenters. The van der Waals surface area contributed by atoms with Gasteiger partial charge in [0.1, 0.15) is 11.8 Å². The van der Waals surface area contributed by atoms with Crippen molar-refractivity contribution in [2.45, 2.75) is 13.1 Å². The third-order valence-corrected chi connectivity index (χ3v) is 2.31. The first-order chi connectivity index (χ1) is 6.16. The molecule has 2 heterocycles. The molecule has 0 aromatic carbocycles. The second-order valence-electron chi connectivity index (χ2n) is 2.89. The van der Waals surface area contributed by atoms with Crippen LogP contribution in [0.2, 0.25) is 0 Å². The van der Waals surface area contributed by atoms with Crippen molar-refractivity contribution < 1.29 is 4.39 Å². The van der Waals surface area contributed by atoms with Gasteiger partial charge in [-0.15, -0.1) is 0 Å². The number of hydrogen-bond acceptors (Lipinski definition) is 1. The molecule has 0 spiro atoms. The number of imidazole rings is 1. The molecule has 0 fully saturated rings. The fourth-order valence-electron chi connectivity index (χ4n) is 1.18. The highest BCUT2D eigenvalue weighted by Crippen LogP contribution is 2.18. The number of alkyl halides is 1. The Morgan fingerprint density at radius 2 is 2.23 bits per heavy atom. The van der Waals surface area contributed by atoms with E-state index in [1.165, 1.54) is 6.92 Å². The van der Waals surface area contributed by atoms with Crippen LogP contribution < -0.4 is 0 Å². The average molecular weight is 243 g/mol. The maximum Gasteiger partial charge on any atom is 0.141 e. The molecule has 2 aromatic heterocycles. The van der Waals surface area contributed by atoms with Crippen molar-refractivity contribution in [3.8, 4) is 0 Å². The molecule has 0 amide bonds. The Morgan fingerprint density at radius 1 is 1.46 bits per heavy atom. The summed E-state index contributed by atoms with van der Waals surface area (Å²) in [5.74, 6) is 0. The van der Waals surface area contributed by atoms with Crippen molar-refractivity contribution in [2.75, 3.05) is 0 Å². The van der Waals surface area contributed by atoms with E-state index in [-0.39, 0.29) is 0 Å². The van der Waals surface area contributed by atoms with E-state index in [2.05, 4.69) is 20.9 Å². The summed E-state index contributed by atoms with van der Waals surface area (Å²) >= 11 is 3.34. The van der Waals surface area contributed by atoms with Crippen molar-refractivity contribution in [1.82, 2.24) is 9.38 Å². The van der Waals surface area contributed by atoms with Crippen LogP contribution in [0.3, 0.4) is 0 Å². The third-order valence-electron chi connectivity index (χ3n) is 1.84. The van der Waals surface area contributed by atoms with Crippen molar-refractivity contribution in [2.24, 2.45) is 0 Å². The lowest BCUT2D eigenvalue weighted by molar-refractivity contribution is 0.367. The summed E-state index contributed by atoms with van der Waals surface area (Å²) in [6, 6.07) is 3.73. The number of halogens is 2. The molecular formula is C9H8BrFN2. The zero-order valence-electron chi connectivity index (χ0n) is 7.04. The quantitative estimate of drug-likeness (QED) is 0.752. The molecule has 13 heavy (non-hydrogen) atoms. The van der Waals surface area contributed by atoms with Gasteiger partial charge in [0.05, 0.1) is 5.69 Å². The molecule has 1 atom stereocenters. The van der Waals surface area contributed by atoms with Gasteiger partial charge in [-0.25, -0.2) is 9.37 Å². The van der Waals surface area contributed by atoms with Gasteiger partial charge in [0.25, 0.3) is 0 Å². The number of hydrogen-bond donors (Lipinski definition) is 0. The summed E-state index contributed by atoms with van der Waals surface area (Å²) < 4.78 is 15.6. The van der Waals surface area contributed by atoms with Gasteiger partial charge in [-0.2, -0.15) is 0 Å². The van der Waals surface area contributed by atoms with Crippen molar-refractivity contribution >= 4 is 21.6 Å². The summed E-state index contributed by atoms with van der Waals surface area (Å²) in [7, 11) is 0. The van der Waals surface area contributed by atoms with Gasteiger partial charge in [0, 0.05) is 16.9 Å². The Morgan fingerprint density at radius 3 is 2.92 bits per heavy atom. The van der Waals surface area contributed by atoms with Crippen LogP contribution in [0.15, 0.2) is 29.0 Å². The maximum absolute atomic E-state index is 12.9. The van der Waals surface area contributed by atoms with Gasteiger partial charge < -0.3 is 4.40 Å². The maximum atomic E-state index is 12.9. The Balaban J connectivity index is 2.62. The highest BCUT2D eigenvalue weighted by molar-refractivity contribution is 9.10. The van der Waals surface area contributed by atoms with Crippen molar-refractivity contribution in [3.63, 3.8) is 0 Å².